The van der Waals surface area contributed by atoms with Crippen LogP contribution in [0.4, 0.5) is 0 Å². The highest BCUT2D eigenvalue weighted by molar-refractivity contribution is 5.87. The normalized spacial score (nSPS) is 19.8. The summed E-state index contributed by atoms with van der Waals surface area (Å²) >= 11 is 0. The summed E-state index contributed by atoms with van der Waals surface area (Å²) in [5.74, 6) is -0.170. The fourth-order valence-corrected chi connectivity index (χ4v) is 5.11. The summed E-state index contributed by atoms with van der Waals surface area (Å²) in [5, 5.41) is 3.30. The number of likely N-dealkylation sites (tertiary alicyclic amines) is 2. The third-order valence-electron chi connectivity index (χ3n) is 7.18. The fourth-order valence-electron chi connectivity index (χ4n) is 5.11. The lowest BCUT2D eigenvalue weighted by Gasteiger charge is -2.37. The number of aromatic nitrogens is 1. The summed E-state index contributed by atoms with van der Waals surface area (Å²) < 4.78 is 6.92. The van der Waals surface area contributed by atoms with E-state index in [4.69, 9.17) is 4.74 Å². The van der Waals surface area contributed by atoms with E-state index < -0.39 is 0 Å². The number of benzene rings is 1. The van der Waals surface area contributed by atoms with Crippen LogP contribution in [-0.2, 0) is 16.1 Å². The van der Waals surface area contributed by atoms with Crippen molar-refractivity contribution in [3.8, 4) is 0 Å². The molecular formula is C26H36N4O3. The lowest BCUT2D eigenvalue weighted by Crippen LogP contribution is -2.52. The van der Waals surface area contributed by atoms with Crippen molar-refractivity contribution in [2.45, 2.75) is 57.3 Å². The first-order valence-corrected chi connectivity index (χ1v) is 12.1. The van der Waals surface area contributed by atoms with Gasteiger partial charge in [-0.2, -0.15) is 0 Å². The van der Waals surface area contributed by atoms with Crippen LogP contribution >= 0.6 is 0 Å². The first-order chi connectivity index (χ1) is 16.0. The molecule has 1 N–H and O–H groups in total. The molecule has 7 heteroatoms. The van der Waals surface area contributed by atoms with Crippen LogP contribution in [0.5, 0.6) is 0 Å². The predicted octanol–water partition coefficient (Wildman–Crippen LogP) is 3.08. The van der Waals surface area contributed by atoms with E-state index in [2.05, 4.69) is 45.4 Å². The van der Waals surface area contributed by atoms with Crippen LogP contribution in [0.1, 0.15) is 54.7 Å². The molecule has 0 bridgehead atoms. The second kappa shape index (κ2) is 11.0. The number of esters is 1. The Hall–Kier alpha value is -2.64. The number of piperidine rings is 2. The number of amides is 1. The molecule has 1 amide bonds. The Labute approximate surface area is 196 Å². The number of rotatable bonds is 7. The van der Waals surface area contributed by atoms with Gasteiger partial charge in [0.15, 0.2) is 0 Å². The van der Waals surface area contributed by atoms with E-state index in [1.807, 2.05) is 23.8 Å². The van der Waals surface area contributed by atoms with Gasteiger partial charge in [-0.05, 0) is 50.3 Å². The number of hydrogen-bond acceptors (Lipinski definition) is 5. The summed E-state index contributed by atoms with van der Waals surface area (Å²) in [5.41, 5.74) is 1.94. The van der Waals surface area contributed by atoms with Gasteiger partial charge in [-0.15, -0.1) is 0 Å². The van der Waals surface area contributed by atoms with E-state index >= 15 is 0 Å². The van der Waals surface area contributed by atoms with Crippen molar-refractivity contribution in [2.75, 3.05) is 33.3 Å². The molecule has 0 aliphatic carbocycles. The maximum atomic E-state index is 12.9. The number of methoxy groups -OCH3 is 1. The highest BCUT2D eigenvalue weighted by atomic mass is 16.5. The average Bonchev–Trinajstić information content (AvgIpc) is 3.35. The topological polar surface area (TPSA) is 66.8 Å². The summed E-state index contributed by atoms with van der Waals surface area (Å²) in [4.78, 5) is 29.7. The second-order valence-electron chi connectivity index (χ2n) is 9.28. The van der Waals surface area contributed by atoms with E-state index in [0.29, 0.717) is 5.69 Å². The standard InChI is InChI=1S/C26H36N4O3/c1-20(29-17-12-23(13-18-29)30-14-6-9-24(30)26(32)33-2)25(31)27-22-10-15-28(16-11-22)19-21-7-4-3-5-8-21/h3-9,14,20,22-23H,10-13,15-19H2,1-2H3,(H,27,31). The molecule has 2 aromatic rings. The zero-order chi connectivity index (χ0) is 23.2. The molecule has 1 unspecified atom stereocenters. The van der Waals surface area contributed by atoms with E-state index in [-0.39, 0.29) is 30.0 Å². The zero-order valence-corrected chi connectivity index (χ0v) is 19.8. The highest BCUT2D eigenvalue weighted by Crippen LogP contribution is 2.26. The molecule has 2 aliphatic rings. The van der Waals surface area contributed by atoms with E-state index in [9.17, 15) is 9.59 Å². The molecule has 2 fully saturated rings. The predicted molar refractivity (Wildman–Crippen MR) is 128 cm³/mol. The van der Waals surface area contributed by atoms with Crippen molar-refractivity contribution in [1.82, 2.24) is 19.7 Å². The summed E-state index contributed by atoms with van der Waals surface area (Å²) in [6, 6.07) is 14.6. The van der Waals surface area contributed by atoms with Gasteiger partial charge < -0.3 is 14.6 Å². The van der Waals surface area contributed by atoms with Crippen molar-refractivity contribution in [1.29, 1.82) is 0 Å². The van der Waals surface area contributed by atoms with Crippen molar-refractivity contribution >= 4 is 11.9 Å². The van der Waals surface area contributed by atoms with Gasteiger partial charge in [0.2, 0.25) is 5.91 Å². The molecule has 1 aromatic heterocycles. The zero-order valence-electron chi connectivity index (χ0n) is 19.8. The molecule has 33 heavy (non-hydrogen) atoms. The summed E-state index contributed by atoms with van der Waals surface area (Å²) in [6.45, 7) is 6.70. The van der Waals surface area contributed by atoms with Crippen LogP contribution in [0.25, 0.3) is 0 Å². The molecular weight excluding hydrogens is 416 g/mol. The SMILES string of the molecule is COC(=O)c1cccn1C1CCN(C(C)C(=O)NC2CCN(Cc3ccccc3)CC2)CC1. The molecule has 2 saturated heterocycles. The Kier molecular flexibility index (Phi) is 7.83. The van der Waals surface area contributed by atoms with Crippen LogP contribution < -0.4 is 5.32 Å². The van der Waals surface area contributed by atoms with Gasteiger partial charge in [-0.1, -0.05) is 30.3 Å². The number of ether oxygens (including phenoxy) is 1. The Balaban J connectivity index is 1.21. The quantitative estimate of drug-likeness (QED) is 0.654. The van der Waals surface area contributed by atoms with Crippen molar-refractivity contribution in [2.24, 2.45) is 0 Å². The van der Waals surface area contributed by atoms with E-state index in [1.165, 1.54) is 12.7 Å². The molecule has 4 rings (SSSR count). The average molecular weight is 453 g/mol. The third-order valence-corrected chi connectivity index (χ3v) is 7.18. The van der Waals surface area contributed by atoms with Crippen molar-refractivity contribution < 1.29 is 14.3 Å². The fraction of sp³-hybridized carbons (Fsp3) is 0.538. The lowest BCUT2D eigenvalue weighted by molar-refractivity contribution is -0.127. The highest BCUT2D eigenvalue weighted by Gasteiger charge is 2.30. The Morgan fingerprint density at radius 1 is 1.00 bits per heavy atom. The van der Waals surface area contributed by atoms with Crippen molar-refractivity contribution in [3.05, 3.63) is 59.9 Å². The van der Waals surface area contributed by atoms with Gasteiger partial charge in [-0.3, -0.25) is 14.6 Å². The van der Waals surface area contributed by atoms with Gasteiger partial charge in [0.25, 0.3) is 0 Å². The van der Waals surface area contributed by atoms with Gasteiger partial charge in [0.1, 0.15) is 5.69 Å². The van der Waals surface area contributed by atoms with Gasteiger partial charge in [-0.25, -0.2) is 4.79 Å². The monoisotopic (exact) mass is 452 g/mol. The van der Waals surface area contributed by atoms with Crippen LogP contribution in [0.2, 0.25) is 0 Å². The summed E-state index contributed by atoms with van der Waals surface area (Å²) in [7, 11) is 1.41. The molecule has 3 heterocycles. The van der Waals surface area contributed by atoms with Gasteiger partial charge >= 0.3 is 5.97 Å². The number of hydrogen-bond donors (Lipinski definition) is 1. The van der Waals surface area contributed by atoms with E-state index in [0.717, 1.165) is 58.4 Å². The number of carbonyl (C=O) groups excluding carboxylic acids is 2. The lowest BCUT2D eigenvalue weighted by atomic mass is 10.0. The van der Waals surface area contributed by atoms with Crippen LogP contribution in [0.15, 0.2) is 48.7 Å². The maximum Gasteiger partial charge on any atom is 0.354 e. The Bertz CT molecular complexity index is 913. The number of carbonyl (C=O) groups is 2. The molecule has 0 saturated carbocycles. The number of nitrogens with one attached hydrogen (secondary N) is 1. The number of nitrogens with zero attached hydrogens (tertiary/aromatic N) is 3. The second-order valence-corrected chi connectivity index (χ2v) is 9.28. The van der Waals surface area contributed by atoms with Gasteiger partial charge in [0, 0.05) is 51.0 Å². The molecule has 0 spiro atoms. The van der Waals surface area contributed by atoms with E-state index in [1.54, 1.807) is 6.07 Å². The van der Waals surface area contributed by atoms with Crippen LogP contribution in [0.3, 0.4) is 0 Å². The van der Waals surface area contributed by atoms with Gasteiger partial charge in [0.05, 0.1) is 13.2 Å². The Morgan fingerprint density at radius 3 is 2.36 bits per heavy atom. The molecule has 7 nitrogen and oxygen atoms in total. The molecule has 178 valence electrons. The maximum absolute atomic E-state index is 12.9. The summed E-state index contributed by atoms with van der Waals surface area (Å²) in [6.07, 6.45) is 5.77. The van der Waals surface area contributed by atoms with Crippen LogP contribution in [0, 0.1) is 0 Å². The molecule has 2 aliphatic heterocycles. The minimum absolute atomic E-state index is 0.131. The Morgan fingerprint density at radius 2 is 1.70 bits per heavy atom. The minimum Gasteiger partial charge on any atom is -0.464 e. The minimum atomic E-state index is -0.301. The molecule has 1 atom stereocenters. The third kappa shape index (κ3) is 5.84. The largest absolute Gasteiger partial charge is 0.464 e. The first kappa shape index (κ1) is 23.5. The molecule has 0 radical (unpaired) electrons. The first-order valence-electron chi connectivity index (χ1n) is 12.1. The van der Waals surface area contributed by atoms with Crippen LogP contribution in [-0.4, -0.2) is 71.6 Å². The van der Waals surface area contributed by atoms with Crippen molar-refractivity contribution in [3.63, 3.8) is 0 Å². The smallest absolute Gasteiger partial charge is 0.354 e. The molecule has 1 aromatic carbocycles.